The third-order valence-electron chi connectivity index (χ3n) is 8.86. The van der Waals surface area contributed by atoms with Gasteiger partial charge in [0.25, 0.3) is 0 Å². The van der Waals surface area contributed by atoms with Gasteiger partial charge in [0.05, 0.1) is 22.1 Å². The average Bonchev–Trinajstić information content (AvgIpc) is 2.97. The first kappa shape index (κ1) is 26.0. The second-order valence-corrected chi connectivity index (χ2v) is 11.8. The number of nitrogens with zero attached hydrogens (tertiary/aromatic N) is 2. The maximum atomic E-state index is 14.3. The predicted molar refractivity (Wildman–Crippen MR) is 176 cm³/mol. The molecule has 0 bridgehead atoms. The summed E-state index contributed by atoms with van der Waals surface area (Å²) in [5, 5.41) is 2.51. The third-order valence-corrected chi connectivity index (χ3v) is 8.86. The highest BCUT2D eigenvalue weighted by molar-refractivity contribution is 6.05. The molecule has 42 heavy (non-hydrogen) atoms. The summed E-state index contributed by atoms with van der Waals surface area (Å²) >= 11 is 0. The zero-order valence-corrected chi connectivity index (χ0v) is 24.8. The number of hydrogen-bond acceptors (Lipinski definition) is 2. The molecule has 0 amide bonds. The van der Waals surface area contributed by atoms with Crippen molar-refractivity contribution in [2.45, 2.75) is 41.5 Å². The van der Waals surface area contributed by atoms with Gasteiger partial charge in [-0.3, -0.25) is 9.59 Å². The predicted octanol–water partition coefficient (Wildman–Crippen LogP) is 8.45. The van der Waals surface area contributed by atoms with Gasteiger partial charge in [-0.05, 0) is 124 Å². The van der Waals surface area contributed by atoms with E-state index in [-0.39, 0.29) is 10.9 Å². The average molecular weight is 549 g/mol. The van der Waals surface area contributed by atoms with E-state index in [0.29, 0.717) is 21.5 Å². The first-order chi connectivity index (χ1) is 20.1. The van der Waals surface area contributed by atoms with Gasteiger partial charge in [0, 0.05) is 32.9 Å². The number of aromatic nitrogens is 2. The minimum Gasteiger partial charge on any atom is -0.309 e. The van der Waals surface area contributed by atoms with E-state index in [4.69, 9.17) is 0 Å². The Bertz CT molecular complexity index is 2200. The molecule has 4 heteroatoms. The molecule has 7 aromatic rings. The molecule has 206 valence electrons. The lowest BCUT2D eigenvalue weighted by Crippen LogP contribution is -2.15. The van der Waals surface area contributed by atoms with E-state index in [2.05, 4.69) is 97.5 Å². The number of pyridine rings is 2. The zero-order valence-electron chi connectivity index (χ0n) is 24.8. The molecule has 0 fully saturated rings. The second kappa shape index (κ2) is 9.28. The van der Waals surface area contributed by atoms with Crippen LogP contribution in [-0.2, 0) is 0 Å². The van der Waals surface area contributed by atoms with Crippen LogP contribution in [0.5, 0.6) is 0 Å². The van der Waals surface area contributed by atoms with Crippen molar-refractivity contribution in [1.82, 2.24) is 9.13 Å². The molecule has 0 spiro atoms. The SMILES string of the molecule is Cc1ccc(-n2c3cc(C)c(C)cc3c(=O)c3cc4c(cc32)c(=O)c2cc(C)c(C)cc2n4-c2ccc(C)cc2)cc1. The quantitative estimate of drug-likeness (QED) is 0.204. The van der Waals surface area contributed by atoms with Crippen LogP contribution in [0.25, 0.3) is 55.0 Å². The van der Waals surface area contributed by atoms with E-state index in [0.717, 1.165) is 66.8 Å². The van der Waals surface area contributed by atoms with Crippen LogP contribution < -0.4 is 10.9 Å². The molecular formula is C38H32N2O2. The van der Waals surface area contributed by atoms with E-state index < -0.39 is 0 Å². The minimum absolute atomic E-state index is 0.0311. The maximum absolute atomic E-state index is 14.3. The summed E-state index contributed by atoms with van der Waals surface area (Å²) in [4.78, 5) is 28.5. The molecule has 5 aromatic carbocycles. The molecule has 0 aliphatic heterocycles. The maximum Gasteiger partial charge on any atom is 0.197 e. The van der Waals surface area contributed by atoms with Gasteiger partial charge in [-0.1, -0.05) is 35.4 Å². The van der Waals surface area contributed by atoms with Crippen LogP contribution in [0.15, 0.2) is 94.5 Å². The molecule has 4 nitrogen and oxygen atoms in total. The van der Waals surface area contributed by atoms with Crippen LogP contribution in [0.2, 0.25) is 0 Å². The summed E-state index contributed by atoms with van der Waals surface area (Å²) in [7, 11) is 0. The largest absolute Gasteiger partial charge is 0.309 e. The molecule has 0 saturated heterocycles. The van der Waals surface area contributed by atoms with E-state index in [9.17, 15) is 9.59 Å². The summed E-state index contributed by atoms with van der Waals surface area (Å²) in [6.07, 6.45) is 0. The van der Waals surface area contributed by atoms with Crippen molar-refractivity contribution in [1.29, 1.82) is 0 Å². The van der Waals surface area contributed by atoms with Gasteiger partial charge < -0.3 is 9.13 Å². The van der Waals surface area contributed by atoms with E-state index in [1.165, 1.54) is 0 Å². The molecule has 2 heterocycles. The van der Waals surface area contributed by atoms with Crippen molar-refractivity contribution in [2.75, 3.05) is 0 Å². The highest BCUT2D eigenvalue weighted by Crippen LogP contribution is 2.32. The smallest absolute Gasteiger partial charge is 0.197 e. The fraction of sp³-hybridized carbons (Fsp3) is 0.158. The lowest BCUT2D eigenvalue weighted by molar-refractivity contribution is 1.14. The summed E-state index contributed by atoms with van der Waals surface area (Å²) in [6.45, 7) is 12.4. The van der Waals surface area contributed by atoms with Crippen molar-refractivity contribution in [2.24, 2.45) is 0 Å². The molecular weight excluding hydrogens is 516 g/mol. The van der Waals surface area contributed by atoms with Gasteiger partial charge in [0.15, 0.2) is 10.9 Å². The second-order valence-electron chi connectivity index (χ2n) is 11.8. The van der Waals surface area contributed by atoms with E-state index >= 15 is 0 Å². The van der Waals surface area contributed by atoms with Crippen molar-refractivity contribution < 1.29 is 0 Å². The molecule has 0 saturated carbocycles. The minimum atomic E-state index is -0.0311. The van der Waals surface area contributed by atoms with Crippen LogP contribution in [0.4, 0.5) is 0 Å². The monoisotopic (exact) mass is 548 g/mol. The van der Waals surface area contributed by atoms with Gasteiger partial charge >= 0.3 is 0 Å². The lowest BCUT2D eigenvalue weighted by Gasteiger charge is -2.20. The fourth-order valence-electron chi connectivity index (χ4n) is 6.14. The summed E-state index contributed by atoms with van der Waals surface area (Å²) in [6, 6.07) is 28.7. The summed E-state index contributed by atoms with van der Waals surface area (Å²) in [5.74, 6) is 0. The Morgan fingerprint density at radius 2 is 0.667 bits per heavy atom. The third kappa shape index (κ3) is 3.82. The Morgan fingerprint density at radius 1 is 0.381 bits per heavy atom. The van der Waals surface area contributed by atoms with Gasteiger partial charge in [-0.15, -0.1) is 0 Å². The topological polar surface area (TPSA) is 44.0 Å². The Labute approximate surface area is 244 Å². The molecule has 0 aliphatic carbocycles. The number of fused-ring (bicyclic) bond motifs is 4. The van der Waals surface area contributed by atoms with E-state index in [1.807, 2.05) is 38.1 Å². The highest BCUT2D eigenvalue weighted by Gasteiger charge is 2.19. The number of aryl methyl sites for hydroxylation is 6. The number of rotatable bonds is 2. The van der Waals surface area contributed by atoms with E-state index in [1.54, 1.807) is 0 Å². The van der Waals surface area contributed by atoms with Crippen molar-refractivity contribution in [3.05, 3.63) is 139 Å². The Balaban J connectivity index is 1.76. The molecule has 7 rings (SSSR count). The van der Waals surface area contributed by atoms with Crippen LogP contribution in [-0.4, -0.2) is 9.13 Å². The standard InChI is InChI=1S/C38H32N2O2/c1-21-7-11-27(12-8-21)39-33-17-25(5)23(3)15-29(33)37(41)31-20-36-32(19-35(31)39)38(42)30-16-24(4)26(6)18-34(30)40(36)28-13-9-22(2)10-14-28/h7-20H,1-6H3. The molecule has 0 aliphatic rings. The summed E-state index contributed by atoms with van der Waals surface area (Å²) < 4.78 is 4.27. The molecule has 0 N–H and O–H groups in total. The highest BCUT2D eigenvalue weighted by atomic mass is 16.1. The van der Waals surface area contributed by atoms with Crippen molar-refractivity contribution >= 4 is 43.6 Å². The van der Waals surface area contributed by atoms with Crippen molar-refractivity contribution in [3.63, 3.8) is 0 Å². The van der Waals surface area contributed by atoms with Gasteiger partial charge in [0.1, 0.15) is 0 Å². The van der Waals surface area contributed by atoms with Crippen LogP contribution in [0.3, 0.4) is 0 Å². The first-order valence-corrected chi connectivity index (χ1v) is 14.4. The number of hydrogen-bond donors (Lipinski definition) is 0. The summed E-state index contributed by atoms with van der Waals surface area (Å²) in [5.41, 5.74) is 11.6. The van der Waals surface area contributed by atoms with Crippen molar-refractivity contribution in [3.8, 4) is 11.4 Å². The Hall–Kier alpha value is -4.96. The molecule has 0 radical (unpaired) electrons. The van der Waals surface area contributed by atoms with Crippen LogP contribution >= 0.6 is 0 Å². The van der Waals surface area contributed by atoms with Gasteiger partial charge in [-0.25, -0.2) is 0 Å². The molecule has 2 aromatic heterocycles. The van der Waals surface area contributed by atoms with Gasteiger partial charge in [-0.2, -0.15) is 0 Å². The van der Waals surface area contributed by atoms with Crippen LogP contribution in [0.1, 0.15) is 33.4 Å². The van der Waals surface area contributed by atoms with Crippen LogP contribution in [0, 0.1) is 41.5 Å². The number of benzene rings is 5. The Kier molecular flexibility index (Phi) is 5.74. The molecule has 0 atom stereocenters. The first-order valence-electron chi connectivity index (χ1n) is 14.4. The zero-order chi connectivity index (χ0) is 29.4. The normalized spacial score (nSPS) is 11.8. The Morgan fingerprint density at radius 3 is 1.02 bits per heavy atom. The van der Waals surface area contributed by atoms with Gasteiger partial charge in [0.2, 0.25) is 0 Å². The fourth-order valence-corrected chi connectivity index (χ4v) is 6.14. The lowest BCUT2D eigenvalue weighted by atomic mass is 9.99. The molecule has 0 unspecified atom stereocenters.